The Morgan fingerprint density at radius 2 is 2.12 bits per heavy atom. The van der Waals surface area contributed by atoms with E-state index < -0.39 is 0 Å². The van der Waals surface area contributed by atoms with Crippen molar-refractivity contribution in [3.63, 3.8) is 0 Å². The van der Waals surface area contributed by atoms with E-state index in [-0.39, 0.29) is 0 Å². The summed E-state index contributed by atoms with van der Waals surface area (Å²) in [5, 5.41) is 0. The van der Waals surface area contributed by atoms with Crippen LogP contribution in [0.1, 0.15) is 25.6 Å². The fourth-order valence-corrected chi connectivity index (χ4v) is 1.57. The summed E-state index contributed by atoms with van der Waals surface area (Å²) in [5.74, 6) is 2.29. The molecule has 0 aliphatic rings. The molecule has 3 nitrogen and oxygen atoms in total. The number of H-pyrrole nitrogens is 1. The number of methoxy groups -OCH3 is 1. The van der Waals surface area contributed by atoms with Gasteiger partial charge >= 0.3 is 0 Å². The first-order valence-corrected chi connectivity index (χ1v) is 5.40. The lowest BCUT2D eigenvalue weighted by Crippen LogP contribution is -1.89. The standard InChI is InChI=1S/C13H16N2O/c1-9(2)13-14-8-12(15-13)10-5-4-6-11(7-10)16-3/h4-9H,1-3H3,(H,14,15). The van der Waals surface area contributed by atoms with Gasteiger partial charge in [-0.3, -0.25) is 0 Å². The van der Waals surface area contributed by atoms with Gasteiger partial charge in [0.2, 0.25) is 0 Å². The average molecular weight is 216 g/mol. The minimum absolute atomic E-state index is 0.416. The van der Waals surface area contributed by atoms with Crippen LogP contribution in [0.5, 0.6) is 5.75 Å². The van der Waals surface area contributed by atoms with Crippen molar-refractivity contribution in [3.8, 4) is 17.0 Å². The van der Waals surface area contributed by atoms with Gasteiger partial charge < -0.3 is 9.72 Å². The zero-order valence-electron chi connectivity index (χ0n) is 9.82. The summed E-state index contributed by atoms with van der Waals surface area (Å²) in [4.78, 5) is 7.66. The molecule has 84 valence electrons. The maximum absolute atomic E-state index is 5.20. The summed E-state index contributed by atoms with van der Waals surface area (Å²) in [6.07, 6.45) is 1.87. The summed E-state index contributed by atoms with van der Waals surface area (Å²) in [5.41, 5.74) is 2.13. The van der Waals surface area contributed by atoms with Gasteiger partial charge in [0.1, 0.15) is 11.6 Å². The largest absolute Gasteiger partial charge is 0.497 e. The van der Waals surface area contributed by atoms with E-state index in [2.05, 4.69) is 23.8 Å². The second-order valence-electron chi connectivity index (χ2n) is 4.07. The van der Waals surface area contributed by atoms with Gasteiger partial charge in [-0.25, -0.2) is 4.98 Å². The van der Waals surface area contributed by atoms with Gasteiger partial charge in [0.05, 0.1) is 19.0 Å². The highest BCUT2D eigenvalue weighted by atomic mass is 16.5. The molecular formula is C13H16N2O. The number of benzene rings is 1. The molecule has 0 spiro atoms. The third kappa shape index (κ3) is 2.08. The van der Waals surface area contributed by atoms with Crippen LogP contribution in [0.4, 0.5) is 0 Å². The van der Waals surface area contributed by atoms with E-state index >= 15 is 0 Å². The molecule has 0 radical (unpaired) electrons. The number of imidazole rings is 1. The minimum atomic E-state index is 0.416. The molecule has 1 N–H and O–H groups in total. The SMILES string of the molecule is COc1cccc(-c2cnc(C(C)C)[nH]2)c1. The second kappa shape index (κ2) is 4.39. The quantitative estimate of drug-likeness (QED) is 0.855. The summed E-state index contributed by atoms with van der Waals surface area (Å²) in [6, 6.07) is 7.95. The lowest BCUT2D eigenvalue weighted by atomic mass is 10.1. The predicted octanol–water partition coefficient (Wildman–Crippen LogP) is 3.21. The van der Waals surface area contributed by atoms with Gasteiger partial charge in [0.15, 0.2) is 0 Å². The maximum atomic E-state index is 5.20. The lowest BCUT2D eigenvalue weighted by molar-refractivity contribution is 0.415. The Balaban J connectivity index is 2.34. The number of hydrogen-bond donors (Lipinski definition) is 1. The molecule has 1 aromatic carbocycles. The molecule has 1 heterocycles. The number of rotatable bonds is 3. The van der Waals surface area contributed by atoms with E-state index in [0.29, 0.717) is 5.92 Å². The first-order chi connectivity index (χ1) is 7.70. The minimum Gasteiger partial charge on any atom is -0.497 e. The Morgan fingerprint density at radius 1 is 1.31 bits per heavy atom. The van der Waals surface area contributed by atoms with Crippen LogP contribution in [0.25, 0.3) is 11.3 Å². The second-order valence-corrected chi connectivity index (χ2v) is 4.07. The van der Waals surface area contributed by atoms with Crippen LogP contribution in [0.15, 0.2) is 30.5 Å². The van der Waals surface area contributed by atoms with Gasteiger partial charge in [-0.05, 0) is 12.1 Å². The zero-order valence-corrected chi connectivity index (χ0v) is 9.82. The smallest absolute Gasteiger partial charge is 0.119 e. The molecule has 1 aromatic heterocycles. The normalized spacial score (nSPS) is 10.8. The van der Waals surface area contributed by atoms with Gasteiger partial charge in [-0.15, -0.1) is 0 Å². The number of aromatic nitrogens is 2. The van der Waals surface area contributed by atoms with Crippen molar-refractivity contribution in [2.75, 3.05) is 7.11 Å². The van der Waals surface area contributed by atoms with E-state index in [1.165, 1.54) is 0 Å². The highest BCUT2D eigenvalue weighted by Gasteiger charge is 2.06. The number of nitrogens with zero attached hydrogens (tertiary/aromatic N) is 1. The third-order valence-electron chi connectivity index (χ3n) is 2.52. The van der Waals surface area contributed by atoms with Crippen LogP contribution < -0.4 is 4.74 Å². The van der Waals surface area contributed by atoms with Crippen molar-refractivity contribution in [1.29, 1.82) is 0 Å². The van der Waals surface area contributed by atoms with Crippen LogP contribution in [-0.4, -0.2) is 17.1 Å². The van der Waals surface area contributed by atoms with Crippen molar-refractivity contribution in [3.05, 3.63) is 36.3 Å². The highest BCUT2D eigenvalue weighted by Crippen LogP contribution is 2.23. The highest BCUT2D eigenvalue weighted by molar-refractivity contribution is 5.60. The van der Waals surface area contributed by atoms with Crippen LogP contribution >= 0.6 is 0 Å². The predicted molar refractivity (Wildman–Crippen MR) is 64.7 cm³/mol. The number of aromatic amines is 1. The number of ether oxygens (including phenoxy) is 1. The average Bonchev–Trinajstić information content (AvgIpc) is 2.78. The zero-order chi connectivity index (χ0) is 11.5. The molecule has 0 saturated heterocycles. The molecule has 0 unspecified atom stereocenters. The third-order valence-corrected chi connectivity index (χ3v) is 2.52. The van der Waals surface area contributed by atoms with Crippen LogP contribution in [0.2, 0.25) is 0 Å². The first-order valence-electron chi connectivity index (χ1n) is 5.40. The molecule has 2 rings (SSSR count). The molecule has 0 aliphatic carbocycles. The molecule has 0 bridgehead atoms. The van der Waals surface area contributed by atoms with Crippen molar-refractivity contribution < 1.29 is 4.74 Å². The fourth-order valence-electron chi connectivity index (χ4n) is 1.57. The summed E-state index contributed by atoms with van der Waals surface area (Å²) < 4.78 is 5.20. The Bertz CT molecular complexity index is 474. The first kappa shape index (κ1) is 10.7. The molecule has 16 heavy (non-hydrogen) atoms. The van der Waals surface area contributed by atoms with Crippen LogP contribution in [-0.2, 0) is 0 Å². The van der Waals surface area contributed by atoms with E-state index in [0.717, 1.165) is 22.8 Å². The van der Waals surface area contributed by atoms with Gasteiger partial charge in [-0.2, -0.15) is 0 Å². The van der Waals surface area contributed by atoms with Crippen molar-refractivity contribution in [2.24, 2.45) is 0 Å². The molecule has 0 atom stereocenters. The summed E-state index contributed by atoms with van der Waals surface area (Å²) >= 11 is 0. The fraction of sp³-hybridized carbons (Fsp3) is 0.308. The molecule has 3 heteroatoms. The molecular weight excluding hydrogens is 200 g/mol. The Morgan fingerprint density at radius 3 is 2.75 bits per heavy atom. The summed E-state index contributed by atoms with van der Waals surface area (Å²) in [6.45, 7) is 4.24. The Hall–Kier alpha value is -1.77. The molecule has 0 amide bonds. The molecule has 2 aromatic rings. The number of nitrogens with one attached hydrogen (secondary N) is 1. The van der Waals surface area contributed by atoms with E-state index in [1.54, 1.807) is 7.11 Å². The van der Waals surface area contributed by atoms with Crippen molar-refractivity contribution in [2.45, 2.75) is 19.8 Å². The van der Waals surface area contributed by atoms with Gasteiger partial charge in [0.25, 0.3) is 0 Å². The molecule has 0 saturated carbocycles. The van der Waals surface area contributed by atoms with E-state index in [9.17, 15) is 0 Å². The van der Waals surface area contributed by atoms with E-state index in [1.807, 2.05) is 30.5 Å². The summed E-state index contributed by atoms with van der Waals surface area (Å²) in [7, 11) is 1.67. The van der Waals surface area contributed by atoms with Crippen molar-refractivity contribution in [1.82, 2.24) is 9.97 Å². The van der Waals surface area contributed by atoms with Gasteiger partial charge in [-0.1, -0.05) is 26.0 Å². The van der Waals surface area contributed by atoms with E-state index in [4.69, 9.17) is 4.74 Å². The molecule has 0 fully saturated rings. The Labute approximate surface area is 95.5 Å². The molecule has 0 aliphatic heterocycles. The monoisotopic (exact) mass is 216 g/mol. The topological polar surface area (TPSA) is 37.9 Å². The van der Waals surface area contributed by atoms with Crippen LogP contribution in [0, 0.1) is 0 Å². The van der Waals surface area contributed by atoms with Crippen molar-refractivity contribution >= 4 is 0 Å². The van der Waals surface area contributed by atoms with Crippen LogP contribution in [0.3, 0.4) is 0 Å². The number of hydrogen-bond acceptors (Lipinski definition) is 2. The maximum Gasteiger partial charge on any atom is 0.119 e. The Kier molecular flexibility index (Phi) is 2.95. The van der Waals surface area contributed by atoms with Gasteiger partial charge in [0, 0.05) is 11.5 Å². The lowest BCUT2D eigenvalue weighted by Gasteiger charge is -2.02.